The Morgan fingerprint density at radius 1 is 0.837 bits per heavy atom. The Balaban J connectivity index is 1.15. The first-order chi connectivity index (χ1) is 21.0. The summed E-state index contributed by atoms with van der Waals surface area (Å²) in [5, 5.41) is 22.5. The number of ether oxygens (including phenoxy) is 2. The molecular formula is C36H38N2O5. The van der Waals surface area contributed by atoms with E-state index in [4.69, 9.17) is 9.47 Å². The molecule has 3 N–H and O–H groups in total. The molecule has 0 radical (unpaired) electrons. The van der Waals surface area contributed by atoms with Gasteiger partial charge in [-0.15, -0.1) is 0 Å². The molecule has 0 saturated carbocycles. The molecule has 6 rings (SSSR count). The zero-order valence-corrected chi connectivity index (χ0v) is 24.1. The van der Waals surface area contributed by atoms with Crippen molar-refractivity contribution in [2.45, 2.75) is 50.6 Å². The highest BCUT2D eigenvalue weighted by Crippen LogP contribution is 2.39. The highest BCUT2D eigenvalue weighted by Gasteiger charge is 2.34. The number of hydrogen-bond donors (Lipinski definition) is 3. The molecule has 4 aromatic rings. The Morgan fingerprint density at radius 3 is 2.33 bits per heavy atom. The lowest BCUT2D eigenvalue weighted by molar-refractivity contribution is -0.252. The maximum Gasteiger partial charge on any atom is 0.251 e. The van der Waals surface area contributed by atoms with Gasteiger partial charge in [0, 0.05) is 43.7 Å². The van der Waals surface area contributed by atoms with Gasteiger partial charge in [-0.3, -0.25) is 9.69 Å². The zero-order chi connectivity index (χ0) is 29.6. The molecule has 0 aromatic heterocycles. The fraction of sp³-hybridized carbons (Fsp3) is 0.306. The standard InChI is InChI=1S/C36H38N2O5/c39-24-25-9-11-28(12-10-25)34-20-33(23-38-18-17-32(40)22-38)42-36(43-34)30-15-13-27(14-16-30)31-8-4-5-26(19-31)21-37-35(41)29-6-2-1-3-7-29/h1-16,19,32-34,36,39-40H,17-18,20-24H2,(H,37,41)/t32-,33-,34+,36+/m0/s1. The van der Waals surface area contributed by atoms with E-state index < -0.39 is 6.29 Å². The number of rotatable bonds is 9. The van der Waals surface area contributed by atoms with Crippen LogP contribution in [0.15, 0.2) is 103 Å². The van der Waals surface area contributed by atoms with Gasteiger partial charge in [0.1, 0.15) is 0 Å². The second-order valence-corrected chi connectivity index (χ2v) is 11.4. The lowest BCUT2D eigenvalue weighted by Gasteiger charge is -2.37. The number of carbonyl (C=O) groups excluding carboxylic acids is 1. The van der Waals surface area contributed by atoms with Gasteiger partial charge in [0.05, 0.1) is 24.9 Å². The van der Waals surface area contributed by atoms with Gasteiger partial charge in [-0.25, -0.2) is 0 Å². The van der Waals surface area contributed by atoms with Crippen molar-refractivity contribution < 1.29 is 24.5 Å². The van der Waals surface area contributed by atoms with Gasteiger partial charge < -0.3 is 25.0 Å². The molecule has 7 nitrogen and oxygen atoms in total. The number of β-amino-alcohol motifs (C(OH)–C–C–N with tert-alkyl or cyclic N) is 1. The third-order valence-corrected chi connectivity index (χ3v) is 8.26. The number of carbonyl (C=O) groups is 1. The van der Waals surface area contributed by atoms with Crippen molar-refractivity contribution in [3.63, 3.8) is 0 Å². The van der Waals surface area contributed by atoms with Gasteiger partial charge in [0.2, 0.25) is 0 Å². The van der Waals surface area contributed by atoms with E-state index in [0.717, 1.165) is 52.9 Å². The number of hydrogen-bond acceptors (Lipinski definition) is 6. The maximum absolute atomic E-state index is 12.5. The van der Waals surface area contributed by atoms with Gasteiger partial charge in [-0.1, -0.05) is 84.9 Å². The van der Waals surface area contributed by atoms with E-state index in [0.29, 0.717) is 25.1 Å². The normalized spacial score (nSPS) is 22.4. The summed E-state index contributed by atoms with van der Waals surface area (Å²) in [5.74, 6) is -0.0929. The molecule has 7 heteroatoms. The van der Waals surface area contributed by atoms with Crippen LogP contribution in [0.25, 0.3) is 11.1 Å². The van der Waals surface area contributed by atoms with Crippen molar-refractivity contribution in [2.24, 2.45) is 0 Å². The van der Waals surface area contributed by atoms with E-state index in [1.54, 1.807) is 12.1 Å². The summed E-state index contributed by atoms with van der Waals surface area (Å²) < 4.78 is 13.0. The number of benzene rings is 4. The minimum Gasteiger partial charge on any atom is -0.392 e. The molecule has 222 valence electrons. The largest absolute Gasteiger partial charge is 0.392 e. The summed E-state index contributed by atoms with van der Waals surface area (Å²) in [5.41, 5.74) is 6.67. The highest BCUT2D eigenvalue weighted by atomic mass is 16.7. The van der Waals surface area contributed by atoms with E-state index in [2.05, 4.69) is 46.6 Å². The van der Waals surface area contributed by atoms with Gasteiger partial charge in [-0.05, 0) is 52.4 Å². The van der Waals surface area contributed by atoms with E-state index in [1.807, 2.05) is 54.6 Å². The summed E-state index contributed by atoms with van der Waals surface area (Å²) in [7, 11) is 0. The molecule has 0 unspecified atom stereocenters. The van der Waals surface area contributed by atoms with Crippen LogP contribution in [0.2, 0.25) is 0 Å². The van der Waals surface area contributed by atoms with E-state index >= 15 is 0 Å². The quantitative estimate of drug-likeness (QED) is 0.247. The summed E-state index contributed by atoms with van der Waals surface area (Å²) in [6.45, 7) is 2.74. The van der Waals surface area contributed by atoms with Crippen LogP contribution in [0.4, 0.5) is 0 Å². The van der Waals surface area contributed by atoms with Crippen molar-refractivity contribution in [1.82, 2.24) is 10.2 Å². The highest BCUT2D eigenvalue weighted by molar-refractivity contribution is 5.94. The summed E-state index contributed by atoms with van der Waals surface area (Å²) in [6, 6.07) is 33.6. The number of likely N-dealkylation sites (tertiary alicyclic amines) is 1. The molecule has 4 aromatic carbocycles. The maximum atomic E-state index is 12.5. The molecule has 0 bridgehead atoms. The second kappa shape index (κ2) is 13.6. The lowest BCUT2D eigenvalue weighted by Crippen LogP contribution is -2.38. The molecule has 2 fully saturated rings. The number of aliphatic hydroxyl groups excluding tert-OH is 2. The van der Waals surface area contributed by atoms with Crippen molar-refractivity contribution in [2.75, 3.05) is 19.6 Å². The molecule has 2 saturated heterocycles. The lowest BCUT2D eigenvalue weighted by atomic mass is 9.99. The van der Waals surface area contributed by atoms with Crippen molar-refractivity contribution >= 4 is 5.91 Å². The Kier molecular flexibility index (Phi) is 9.27. The molecule has 43 heavy (non-hydrogen) atoms. The van der Waals surface area contributed by atoms with Crippen LogP contribution in [-0.4, -0.2) is 52.9 Å². The molecule has 1 amide bonds. The van der Waals surface area contributed by atoms with Gasteiger partial charge in [0.25, 0.3) is 5.91 Å². The Labute approximate surface area is 252 Å². The number of amides is 1. The topological polar surface area (TPSA) is 91.3 Å². The fourth-order valence-electron chi connectivity index (χ4n) is 5.87. The third-order valence-electron chi connectivity index (χ3n) is 8.26. The van der Waals surface area contributed by atoms with Gasteiger partial charge in [0.15, 0.2) is 6.29 Å². The van der Waals surface area contributed by atoms with Gasteiger partial charge in [-0.2, -0.15) is 0 Å². The first kappa shape index (κ1) is 29.2. The van der Waals surface area contributed by atoms with Crippen LogP contribution in [0, 0.1) is 0 Å². The molecule has 0 aliphatic carbocycles. The van der Waals surface area contributed by atoms with Crippen molar-refractivity contribution in [3.05, 3.63) is 131 Å². The first-order valence-corrected chi connectivity index (χ1v) is 15.0. The Hall–Kier alpha value is -3.85. The van der Waals surface area contributed by atoms with Crippen LogP contribution < -0.4 is 5.32 Å². The van der Waals surface area contributed by atoms with Crippen molar-refractivity contribution in [3.8, 4) is 11.1 Å². The molecule has 4 atom stereocenters. The van der Waals surface area contributed by atoms with E-state index in [-0.39, 0.29) is 30.8 Å². The average Bonchev–Trinajstić information content (AvgIpc) is 3.48. The SMILES string of the molecule is O=C(NCc1cccc(-c2ccc([C@@H]3O[C@H](CN4CC[C@H](O)C4)C[C@H](c4ccc(CO)cc4)O3)cc2)c1)c1ccccc1. The molecule has 2 heterocycles. The van der Waals surface area contributed by atoms with E-state index in [1.165, 1.54) is 0 Å². The second-order valence-electron chi connectivity index (χ2n) is 11.4. The fourth-order valence-corrected chi connectivity index (χ4v) is 5.87. The van der Waals surface area contributed by atoms with Crippen LogP contribution in [0.3, 0.4) is 0 Å². The van der Waals surface area contributed by atoms with Crippen LogP contribution >= 0.6 is 0 Å². The first-order valence-electron chi connectivity index (χ1n) is 15.0. The zero-order valence-electron chi connectivity index (χ0n) is 24.1. The number of aliphatic hydroxyl groups is 2. The number of nitrogens with zero attached hydrogens (tertiary/aromatic N) is 1. The van der Waals surface area contributed by atoms with Crippen LogP contribution in [-0.2, 0) is 22.6 Å². The molecular weight excluding hydrogens is 540 g/mol. The van der Waals surface area contributed by atoms with E-state index in [9.17, 15) is 15.0 Å². The molecule has 2 aliphatic rings. The summed E-state index contributed by atoms with van der Waals surface area (Å²) >= 11 is 0. The third kappa shape index (κ3) is 7.39. The monoisotopic (exact) mass is 578 g/mol. The van der Waals surface area contributed by atoms with Crippen LogP contribution in [0.1, 0.15) is 57.8 Å². The number of nitrogens with one attached hydrogen (secondary N) is 1. The van der Waals surface area contributed by atoms with Crippen molar-refractivity contribution in [1.29, 1.82) is 0 Å². The predicted molar refractivity (Wildman–Crippen MR) is 165 cm³/mol. The predicted octanol–water partition coefficient (Wildman–Crippen LogP) is 5.39. The minimum atomic E-state index is -0.526. The Morgan fingerprint density at radius 2 is 1.60 bits per heavy atom. The Bertz CT molecular complexity index is 1490. The smallest absolute Gasteiger partial charge is 0.251 e. The minimum absolute atomic E-state index is 0.00896. The summed E-state index contributed by atoms with van der Waals surface area (Å²) in [6.07, 6.45) is 0.514. The summed E-state index contributed by atoms with van der Waals surface area (Å²) in [4.78, 5) is 14.7. The molecule has 0 spiro atoms. The van der Waals surface area contributed by atoms with Crippen LogP contribution in [0.5, 0.6) is 0 Å². The van der Waals surface area contributed by atoms with Gasteiger partial charge >= 0.3 is 0 Å². The molecule has 2 aliphatic heterocycles. The average molecular weight is 579 g/mol.